The minimum Gasteiger partial charge on any atom is -0.497 e. The minimum absolute atomic E-state index is 0.0169. The van der Waals surface area contributed by atoms with Gasteiger partial charge in [0, 0.05) is 23.6 Å². The lowest BCUT2D eigenvalue weighted by atomic mass is 10.0. The molecule has 0 saturated carbocycles. The SMILES string of the molecule is COc1ccc(C2CCCN2C(=O)C=Cc2ccccc2OCc2csc(C)n2)cc1. The van der Waals surface area contributed by atoms with E-state index in [1.165, 1.54) is 0 Å². The number of carbonyl (C=O) groups is 1. The molecule has 6 heteroatoms. The molecule has 0 spiro atoms. The molecule has 1 unspecified atom stereocenters. The Labute approximate surface area is 187 Å². The molecule has 5 nitrogen and oxygen atoms in total. The number of carbonyl (C=O) groups excluding carboxylic acids is 1. The van der Waals surface area contributed by atoms with Crippen LogP contribution in [0.5, 0.6) is 11.5 Å². The van der Waals surface area contributed by atoms with Gasteiger partial charge in [-0.05, 0) is 49.6 Å². The van der Waals surface area contributed by atoms with Crippen LogP contribution in [0.1, 0.15) is 40.7 Å². The molecule has 31 heavy (non-hydrogen) atoms. The molecule has 2 heterocycles. The van der Waals surface area contributed by atoms with Crippen LogP contribution in [0.4, 0.5) is 0 Å². The van der Waals surface area contributed by atoms with Crippen molar-refractivity contribution in [1.29, 1.82) is 0 Å². The number of benzene rings is 2. The van der Waals surface area contributed by atoms with Crippen LogP contribution in [0, 0.1) is 6.92 Å². The van der Waals surface area contributed by atoms with E-state index in [1.807, 2.05) is 71.8 Å². The Morgan fingerprint density at radius 3 is 2.77 bits per heavy atom. The molecule has 1 fully saturated rings. The third kappa shape index (κ3) is 5.14. The highest BCUT2D eigenvalue weighted by Gasteiger charge is 2.28. The third-order valence-corrected chi connectivity index (χ3v) is 6.23. The van der Waals surface area contributed by atoms with Gasteiger partial charge in [0.2, 0.25) is 5.91 Å². The Morgan fingerprint density at radius 2 is 2.03 bits per heavy atom. The number of amides is 1. The molecule has 1 aliphatic rings. The van der Waals surface area contributed by atoms with Gasteiger partial charge < -0.3 is 14.4 Å². The number of thiazole rings is 1. The van der Waals surface area contributed by atoms with Gasteiger partial charge in [-0.3, -0.25) is 4.79 Å². The highest BCUT2D eigenvalue weighted by Crippen LogP contribution is 2.33. The number of nitrogens with zero attached hydrogens (tertiary/aromatic N) is 2. The zero-order valence-electron chi connectivity index (χ0n) is 17.8. The molecule has 1 atom stereocenters. The molecule has 0 aliphatic carbocycles. The van der Waals surface area contributed by atoms with Gasteiger partial charge in [-0.25, -0.2) is 4.98 Å². The molecule has 1 saturated heterocycles. The van der Waals surface area contributed by atoms with Crippen LogP contribution in [-0.4, -0.2) is 29.4 Å². The Morgan fingerprint density at radius 1 is 1.23 bits per heavy atom. The van der Waals surface area contributed by atoms with E-state index in [0.29, 0.717) is 6.61 Å². The fourth-order valence-electron chi connectivity index (χ4n) is 3.84. The molecule has 1 aromatic heterocycles. The summed E-state index contributed by atoms with van der Waals surface area (Å²) in [5.41, 5.74) is 2.93. The molecule has 160 valence electrons. The maximum absolute atomic E-state index is 13.0. The maximum Gasteiger partial charge on any atom is 0.247 e. The maximum atomic E-state index is 13.0. The van der Waals surface area contributed by atoms with Crippen molar-refractivity contribution in [2.45, 2.75) is 32.4 Å². The summed E-state index contributed by atoms with van der Waals surface area (Å²) in [7, 11) is 1.66. The average Bonchev–Trinajstić information content (AvgIpc) is 3.46. The van der Waals surface area contributed by atoms with E-state index in [-0.39, 0.29) is 11.9 Å². The highest BCUT2D eigenvalue weighted by molar-refractivity contribution is 7.09. The molecule has 0 bridgehead atoms. The Hall–Kier alpha value is -3.12. The molecule has 4 rings (SSSR count). The summed E-state index contributed by atoms with van der Waals surface area (Å²) in [5.74, 6) is 1.58. The summed E-state index contributed by atoms with van der Waals surface area (Å²) in [6.45, 7) is 3.16. The first-order valence-corrected chi connectivity index (χ1v) is 11.3. The molecule has 1 amide bonds. The van der Waals surface area contributed by atoms with Gasteiger partial charge in [0.1, 0.15) is 18.1 Å². The molecule has 3 aromatic rings. The Balaban J connectivity index is 1.44. The van der Waals surface area contributed by atoms with Gasteiger partial charge in [0.15, 0.2) is 0 Å². The predicted molar refractivity (Wildman–Crippen MR) is 123 cm³/mol. The number of likely N-dealkylation sites (tertiary alicyclic amines) is 1. The van der Waals surface area contributed by atoms with E-state index in [2.05, 4.69) is 4.98 Å². The fourth-order valence-corrected chi connectivity index (χ4v) is 4.43. The van der Waals surface area contributed by atoms with Crippen molar-refractivity contribution < 1.29 is 14.3 Å². The van der Waals surface area contributed by atoms with E-state index in [1.54, 1.807) is 24.5 Å². The lowest BCUT2D eigenvalue weighted by molar-refractivity contribution is -0.126. The number of rotatable bonds is 7. The number of aromatic nitrogens is 1. The van der Waals surface area contributed by atoms with Crippen LogP contribution < -0.4 is 9.47 Å². The van der Waals surface area contributed by atoms with Crippen molar-refractivity contribution >= 4 is 23.3 Å². The second-order valence-electron chi connectivity index (χ2n) is 7.48. The van der Waals surface area contributed by atoms with Crippen LogP contribution in [-0.2, 0) is 11.4 Å². The lowest BCUT2D eigenvalue weighted by Crippen LogP contribution is -2.28. The lowest BCUT2D eigenvalue weighted by Gasteiger charge is -2.24. The largest absolute Gasteiger partial charge is 0.497 e. The first kappa shape index (κ1) is 21.1. The zero-order valence-corrected chi connectivity index (χ0v) is 18.6. The monoisotopic (exact) mass is 434 g/mol. The topological polar surface area (TPSA) is 51.7 Å². The minimum atomic E-state index is 0.0169. The fraction of sp³-hybridized carbons (Fsp3) is 0.280. The highest BCUT2D eigenvalue weighted by atomic mass is 32.1. The van der Waals surface area contributed by atoms with Gasteiger partial charge in [-0.2, -0.15) is 0 Å². The Kier molecular flexibility index (Phi) is 6.67. The Bertz CT molecular complexity index is 1060. The zero-order chi connectivity index (χ0) is 21.6. The predicted octanol–water partition coefficient (Wildman–Crippen LogP) is 5.42. The van der Waals surface area contributed by atoms with Crippen LogP contribution >= 0.6 is 11.3 Å². The van der Waals surface area contributed by atoms with E-state index in [0.717, 1.165) is 52.7 Å². The van der Waals surface area contributed by atoms with E-state index >= 15 is 0 Å². The number of hydrogen-bond acceptors (Lipinski definition) is 5. The summed E-state index contributed by atoms with van der Waals surface area (Å²) in [6, 6.07) is 15.8. The third-order valence-electron chi connectivity index (χ3n) is 5.40. The number of aryl methyl sites for hydroxylation is 1. The van der Waals surface area contributed by atoms with Crippen molar-refractivity contribution in [3.63, 3.8) is 0 Å². The van der Waals surface area contributed by atoms with Crippen LogP contribution in [0.15, 0.2) is 60.0 Å². The van der Waals surface area contributed by atoms with Gasteiger partial charge in [-0.1, -0.05) is 30.3 Å². The van der Waals surface area contributed by atoms with Crippen molar-refractivity contribution in [2.24, 2.45) is 0 Å². The standard InChI is InChI=1S/C25H26N2O3S/c1-18-26-21(17-31-18)16-30-24-8-4-3-6-20(24)11-14-25(28)27-15-5-7-23(27)19-9-12-22(29-2)13-10-19/h3-4,6,8-14,17,23H,5,7,15-16H2,1-2H3. The summed E-state index contributed by atoms with van der Waals surface area (Å²) >= 11 is 1.61. The number of para-hydroxylation sites is 1. The van der Waals surface area contributed by atoms with Gasteiger partial charge in [0.25, 0.3) is 0 Å². The summed E-state index contributed by atoms with van der Waals surface area (Å²) in [4.78, 5) is 19.4. The van der Waals surface area contributed by atoms with Gasteiger partial charge in [-0.15, -0.1) is 11.3 Å². The van der Waals surface area contributed by atoms with Crippen molar-refractivity contribution in [1.82, 2.24) is 9.88 Å². The van der Waals surface area contributed by atoms with Crippen molar-refractivity contribution in [3.8, 4) is 11.5 Å². The molecule has 0 N–H and O–H groups in total. The summed E-state index contributed by atoms with van der Waals surface area (Å²) in [5, 5.41) is 3.03. The second kappa shape index (κ2) is 9.79. The smallest absolute Gasteiger partial charge is 0.247 e. The van der Waals surface area contributed by atoms with Crippen molar-refractivity contribution in [2.75, 3.05) is 13.7 Å². The summed E-state index contributed by atoms with van der Waals surface area (Å²) < 4.78 is 11.2. The normalized spacial score (nSPS) is 16.1. The first-order valence-electron chi connectivity index (χ1n) is 10.4. The van der Waals surface area contributed by atoms with Crippen LogP contribution in [0.3, 0.4) is 0 Å². The second-order valence-corrected chi connectivity index (χ2v) is 8.54. The van der Waals surface area contributed by atoms with E-state index < -0.39 is 0 Å². The molecule has 0 radical (unpaired) electrons. The molecular formula is C25H26N2O3S. The van der Waals surface area contributed by atoms with Gasteiger partial charge >= 0.3 is 0 Å². The summed E-state index contributed by atoms with van der Waals surface area (Å²) in [6.07, 6.45) is 5.46. The first-order chi connectivity index (χ1) is 15.1. The number of hydrogen-bond donors (Lipinski definition) is 0. The van der Waals surface area contributed by atoms with Crippen molar-refractivity contribution in [3.05, 3.63) is 81.8 Å². The molecular weight excluding hydrogens is 408 g/mol. The van der Waals surface area contributed by atoms with Gasteiger partial charge in [0.05, 0.1) is 23.9 Å². The molecule has 2 aromatic carbocycles. The van der Waals surface area contributed by atoms with Crippen LogP contribution in [0.2, 0.25) is 0 Å². The number of ether oxygens (including phenoxy) is 2. The quantitative estimate of drug-likeness (QED) is 0.466. The van der Waals surface area contributed by atoms with E-state index in [9.17, 15) is 4.79 Å². The van der Waals surface area contributed by atoms with E-state index in [4.69, 9.17) is 9.47 Å². The van der Waals surface area contributed by atoms with Crippen LogP contribution in [0.25, 0.3) is 6.08 Å². The average molecular weight is 435 g/mol. The molecule has 1 aliphatic heterocycles. The number of methoxy groups -OCH3 is 1.